The highest BCUT2D eigenvalue weighted by atomic mass is 32.1. The number of alkyl halides is 3. The molecule has 1 aromatic carbocycles. The highest BCUT2D eigenvalue weighted by Gasteiger charge is 2.29. The van der Waals surface area contributed by atoms with Crippen molar-refractivity contribution in [3.8, 4) is 5.75 Å². The molecule has 0 aliphatic rings. The van der Waals surface area contributed by atoms with Gasteiger partial charge in [-0.1, -0.05) is 0 Å². The van der Waals surface area contributed by atoms with Crippen LogP contribution in [-0.4, -0.2) is 19.3 Å². The van der Waals surface area contributed by atoms with E-state index in [4.69, 9.17) is 16.2 Å². The van der Waals surface area contributed by atoms with Gasteiger partial charge >= 0.3 is 6.18 Å². The third kappa shape index (κ3) is 3.30. The first kappa shape index (κ1) is 14.0. The van der Waals surface area contributed by atoms with Crippen LogP contribution in [0.15, 0.2) is 17.5 Å². The Hall–Kier alpha value is -1.47. The second-order valence-corrected chi connectivity index (χ2v) is 5.01. The van der Waals surface area contributed by atoms with Crippen molar-refractivity contribution in [1.82, 2.24) is 0 Å². The molecule has 7 heteroatoms. The van der Waals surface area contributed by atoms with E-state index >= 15 is 0 Å². The van der Waals surface area contributed by atoms with E-state index in [0.29, 0.717) is 24.0 Å². The van der Waals surface area contributed by atoms with Crippen LogP contribution in [0.3, 0.4) is 0 Å². The lowest BCUT2D eigenvalue weighted by atomic mass is 10.1. The van der Waals surface area contributed by atoms with E-state index in [1.807, 2.05) is 6.07 Å². The van der Waals surface area contributed by atoms with Crippen LogP contribution in [0.5, 0.6) is 5.75 Å². The number of hydrogen-bond acceptors (Lipinski definition) is 4. The summed E-state index contributed by atoms with van der Waals surface area (Å²) in [5.74, 6) is 0.164. The Balaban J connectivity index is 2.40. The maximum atomic E-state index is 12.2. The molecule has 104 valence electrons. The summed E-state index contributed by atoms with van der Waals surface area (Å²) in [5.41, 5.74) is 12.5. The van der Waals surface area contributed by atoms with E-state index < -0.39 is 12.8 Å². The predicted molar refractivity (Wildman–Crippen MR) is 70.5 cm³/mol. The lowest BCUT2D eigenvalue weighted by Crippen LogP contribution is -2.19. The van der Waals surface area contributed by atoms with E-state index in [2.05, 4.69) is 0 Å². The number of halogens is 3. The van der Waals surface area contributed by atoms with E-state index in [-0.39, 0.29) is 5.75 Å². The Morgan fingerprint density at radius 2 is 2.00 bits per heavy atom. The predicted octanol–water partition coefficient (Wildman–Crippen LogP) is 2.93. The summed E-state index contributed by atoms with van der Waals surface area (Å²) in [7, 11) is 0. The third-order valence-electron chi connectivity index (χ3n) is 2.55. The van der Waals surface area contributed by atoms with Crippen molar-refractivity contribution in [1.29, 1.82) is 0 Å². The van der Waals surface area contributed by atoms with Gasteiger partial charge in [0.2, 0.25) is 0 Å². The lowest BCUT2D eigenvalue weighted by molar-refractivity contribution is -0.153. The normalized spacial score (nSPS) is 12.0. The number of nitrogen functional groups attached to an aromatic ring is 1. The monoisotopic (exact) mass is 290 g/mol. The number of rotatable bonds is 4. The molecule has 0 spiro atoms. The van der Waals surface area contributed by atoms with Gasteiger partial charge < -0.3 is 16.2 Å². The minimum atomic E-state index is -4.37. The van der Waals surface area contributed by atoms with Gasteiger partial charge in [0.1, 0.15) is 5.75 Å². The number of hydrogen-bond donors (Lipinski definition) is 2. The second-order valence-electron chi connectivity index (χ2n) is 4.10. The molecule has 0 saturated carbocycles. The summed E-state index contributed by atoms with van der Waals surface area (Å²) < 4.78 is 42.4. The van der Waals surface area contributed by atoms with Crippen LogP contribution in [0.2, 0.25) is 0 Å². The second kappa shape index (κ2) is 5.26. The van der Waals surface area contributed by atoms with Crippen LogP contribution in [0.25, 0.3) is 10.1 Å². The Morgan fingerprint density at radius 3 is 2.63 bits per heavy atom. The number of thiophene rings is 1. The van der Waals surface area contributed by atoms with E-state index in [0.717, 1.165) is 10.3 Å². The van der Waals surface area contributed by atoms with Gasteiger partial charge in [-0.15, -0.1) is 11.3 Å². The van der Waals surface area contributed by atoms with Gasteiger partial charge in [0, 0.05) is 10.1 Å². The van der Waals surface area contributed by atoms with Crippen LogP contribution in [0.4, 0.5) is 18.9 Å². The zero-order chi connectivity index (χ0) is 14.0. The van der Waals surface area contributed by atoms with Crippen LogP contribution < -0.4 is 16.2 Å². The molecule has 0 atom stereocenters. The molecular formula is C12H13F3N2OS. The van der Waals surface area contributed by atoms with Crippen LogP contribution >= 0.6 is 11.3 Å². The van der Waals surface area contributed by atoms with Crippen molar-refractivity contribution in [2.75, 3.05) is 18.9 Å². The standard InChI is InChI=1S/C12H13F3N2OS/c13-12(14,15)6-18-9-3-7(1-2-16)4-10-11(9)8(17)5-19-10/h3-5H,1-2,6,16-17H2. The first-order chi connectivity index (χ1) is 8.90. The summed E-state index contributed by atoms with van der Waals surface area (Å²) in [6.45, 7) is -0.908. The molecule has 3 nitrogen and oxygen atoms in total. The summed E-state index contributed by atoms with van der Waals surface area (Å²) in [6.07, 6.45) is -3.79. The SMILES string of the molecule is NCCc1cc(OCC(F)(F)F)c2c(N)csc2c1. The molecule has 1 aromatic heterocycles. The number of fused-ring (bicyclic) bond motifs is 1. The lowest BCUT2D eigenvalue weighted by Gasteiger charge is -2.12. The number of benzene rings is 1. The highest BCUT2D eigenvalue weighted by Crippen LogP contribution is 2.37. The average Bonchev–Trinajstić information content (AvgIpc) is 2.68. The fourth-order valence-corrected chi connectivity index (χ4v) is 2.72. The first-order valence-electron chi connectivity index (χ1n) is 5.60. The molecule has 0 unspecified atom stereocenters. The van der Waals surface area contributed by atoms with Gasteiger partial charge in [0.05, 0.1) is 11.1 Å². The summed E-state index contributed by atoms with van der Waals surface area (Å²) in [5, 5.41) is 2.23. The van der Waals surface area contributed by atoms with Gasteiger partial charge in [-0.3, -0.25) is 0 Å². The fraction of sp³-hybridized carbons (Fsp3) is 0.333. The molecule has 0 fully saturated rings. The molecule has 0 aliphatic heterocycles. The van der Waals surface area contributed by atoms with Gasteiger partial charge in [0.25, 0.3) is 0 Å². The zero-order valence-electron chi connectivity index (χ0n) is 9.96. The molecule has 0 amide bonds. The van der Waals surface area contributed by atoms with Crippen molar-refractivity contribution in [2.24, 2.45) is 5.73 Å². The van der Waals surface area contributed by atoms with E-state index in [1.54, 1.807) is 11.4 Å². The van der Waals surface area contributed by atoms with Crippen molar-refractivity contribution in [3.63, 3.8) is 0 Å². The smallest absolute Gasteiger partial charge is 0.422 e. The molecule has 0 saturated heterocycles. The van der Waals surface area contributed by atoms with E-state index in [1.165, 1.54) is 11.3 Å². The molecule has 4 N–H and O–H groups in total. The van der Waals surface area contributed by atoms with Crippen molar-refractivity contribution < 1.29 is 17.9 Å². The van der Waals surface area contributed by atoms with Crippen LogP contribution in [0, 0.1) is 0 Å². The van der Waals surface area contributed by atoms with Gasteiger partial charge in [-0.05, 0) is 30.7 Å². The molecule has 19 heavy (non-hydrogen) atoms. The zero-order valence-corrected chi connectivity index (χ0v) is 10.8. The highest BCUT2D eigenvalue weighted by molar-refractivity contribution is 7.17. The Kier molecular flexibility index (Phi) is 3.86. The van der Waals surface area contributed by atoms with Crippen molar-refractivity contribution in [2.45, 2.75) is 12.6 Å². The van der Waals surface area contributed by atoms with Crippen molar-refractivity contribution >= 4 is 27.1 Å². The topological polar surface area (TPSA) is 61.3 Å². The molecule has 2 rings (SSSR count). The third-order valence-corrected chi connectivity index (χ3v) is 3.50. The Labute approximate surface area is 112 Å². The number of ether oxygens (including phenoxy) is 1. The quantitative estimate of drug-likeness (QED) is 0.910. The minimum absolute atomic E-state index is 0.164. The fourth-order valence-electron chi connectivity index (χ4n) is 1.79. The number of anilines is 1. The van der Waals surface area contributed by atoms with Gasteiger partial charge in [0.15, 0.2) is 6.61 Å². The summed E-state index contributed by atoms with van der Waals surface area (Å²) >= 11 is 1.37. The number of nitrogens with two attached hydrogens (primary N) is 2. The molecule has 0 aliphatic carbocycles. The van der Waals surface area contributed by atoms with Crippen LogP contribution in [-0.2, 0) is 6.42 Å². The van der Waals surface area contributed by atoms with Gasteiger partial charge in [-0.2, -0.15) is 13.2 Å². The molecule has 2 aromatic rings. The Morgan fingerprint density at radius 1 is 1.26 bits per heavy atom. The first-order valence-corrected chi connectivity index (χ1v) is 6.48. The molecule has 0 bridgehead atoms. The molecule has 0 radical (unpaired) electrons. The van der Waals surface area contributed by atoms with Crippen LogP contribution in [0.1, 0.15) is 5.56 Å². The largest absolute Gasteiger partial charge is 0.483 e. The van der Waals surface area contributed by atoms with E-state index in [9.17, 15) is 13.2 Å². The summed E-state index contributed by atoms with van der Waals surface area (Å²) in [6, 6.07) is 3.45. The Bertz CT molecular complexity index is 580. The molecular weight excluding hydrogens is 277 g/mol. The van der Waals surface area contributed by atoms with Gasteiger partial charge in [-0.25, -0.2) is 0 Å². The average molecular weight is 290 g/mol. The maximum absolute atomic E-state index is 12.2. The molecule has 1 heterocycles. The minimum Gasteiger partial charge on any atom is -0.483 e. The summed E-state index contributed by atoms with van der Waals surface area (Å²) in [4.78, 5) is 0. The van der Waals surface area contributed by atoms with Crippen molar-refractivity contribution in [3.05, 3.63) is 23.1 Å². The maximum Gasteiger partial charge on any atom is 0.422 e.